The minimum atomic E-state index is -4.36. The fourth-order valence-electron chi connectivity index (χ4n) is 1.63. The van der Waals surface area contributed by atoms with E-state index in [1.54, 1.807) is 0 Å². The second kappa shape index (κ2) is 6.51. The quantitative estimate of drug-likeness (QED) is 0.561. The summed E-state index contributed by atoms with van der Waals surface area (Å²) in [6.07, 6.45) is -2.19. The Balaban J connectivity index is 0.00000162. The second-order valence-corrected chi connectivity index (χ2v) is 3.85. The van der Waals surface area contributed by atoms with Crippen LogP contribution in [0.25, 0.3) is 0 Å². The zero-order valence-corrected chi connectivity index (χ0v) is 10.1. The van der Waals surface area contributed by atoms with Gasteiger partial charge in [0.1, 0.15) is 0 Å². The molecule has 0 radical (unpaired) electrons. The van der Waals surface area contributed by atoms with Crippen LogP contribution in [-0.4, -0.2) is 12.9 Å². The molecule has 0 spiro atoms. The van der Waals surface area contributed by atoms with Crippen LogP contribution in [0, 0.1) is 6.07 Å². The van der Waals surface area contributed by atoms with E-state index in [1.807, 2.05) is 0 Å². The normalized spacial score (nSPS) is 20.1. The molecular weight excluding hydrogens is 240 g/mol. The van der Waals surface area contributed by atoms with Crippen molar-refractivity contribution in [2.24, 2.45) is 0 Å². The van der Waals surface area contributed by atoms with Gasteiger partial charge < -0.3 is 9.47 Å². The van der Waals surface area contributed by atoms with Crippen LogP contribution >= 0.6 is 0 Å². The molecule has 94 valence electrons. The average molecular weight is 252 g/mol. The predicted octanol–water partition coefficient (Wildman–Crippen LogP) is 0.415. The van der Waals surface area contributed by atoms with Crippen molar-refractivity contribution in [1.82, 2.24) is 0 Å². The Bertz CT molecular complexity index is 376. The number of hydrogen-bond acceptors (Lipinski definition) is 2. The van der Waals surface area contributed by atoms with Gasteiger partial charge in [-0.05, 0) is 12.8 Å². The molecule has 0 N–H and O–H groups in total. The molecule has 0 saturated carbocycles. The van der Waals surface area contributed by atoms with Crippen LogP contribution in [0.3, 0.4) is 0 Å². The molecule has 1 aliphatic rings. The minimum Gasteiger partial charge on any atom is -0.491 e. The van der Waals surface area contributed by atoms with Gasteiger partial charge in [-0.15, -0.1) is 12.1 Å². The third-order valence-corrected chi connectivity index (χ3v) is 2.50. The molecule has 1 saturated heterocycles. The Hall–Kier alpha value is -0.633. The SMILES string of the molecule is FC(F)(F)c1cc[c-]c(OC2CCCCO2)c1.[Li+]. The molecule has 0 bridgehead atoms. The van der Waals surface area contributed by atoms with Gasteiger partial charge in [-0.1, -0.05) is 5.56 Å². The first kappa shape index (κ1) is 15.4. The molecule has 1 aromatic rings. The van der Waals surface area contributed by atoms with E-state index in [2.05, 4.69) is 6.07 Å². The maximum atomic E-state index is 12.4. The molecule has 1 heterocycles. The first-order valence-corrected chi connectivity index (χ1v) is 5.43. The van der Waals surface area contributed by atoms with Crippen molar-refractivity contribution in [2.45, 2.75) is 31.7 Å². The smallest absolute Gasteiger partial charge is 0.491 e. The number of halogens is 3. The fraction of sp³-hybridized carbons (Fsp3) is 0.500. The molecule has 0 amide bonds. The number of alkyl halides is 3. The van der Waals surface area contributed by atoms with Crippen molar-refractivity contribution in [3.63, 3.8) is 0 Å². The Labute approximate surface area is 116 Å². The summed E-state index contributed by atoms with van der Waals surface area (Å²) in [5.41, 5.74) is -0.734. The molecule has 1 aromatic carbocycles. The first-order chi connectivity index (χ1) is 8.05. The Morgan fingerprint density at radius 2 is 2.11 bits per heavy atom. The van der Waals surface area contributed by atoms with Crippen molar-refractivity contribution in [3.05, 3.63) is 29.8 Å². The molecule has 1 unspecified atom stereocenters. The molecule has 1 fully saturated rings. The van der Waals surface area contributed by atoms with Gasteiger partial charge in [-0.25, -0.2) is 0 Å². The molecule has 0 aliphatic carbocycles. The zero-order valence-electron chi connectivity index (χ0n) is 10.1. The van der Waals surface area contributed by atoms with Crippen molar-refractivity contribution in [2.75, 3.05) is 6.61 Å². The molecule has 1 aliphatic heterocycles. The summed E-state index contributed by atoms with van der Waals surface area (Å²) in [6.45, 7) is 0.587. The monoisotopic (exact) mass is 252 g/mol. The van der Waals surface area contributed by atoms with Crippen molar-refractivity contribution in [3.8, 4) is 5.75 Å². The number of benzene rings is 1. The van der Waals surface area contributed by atoms with Crippen LogP contribution in [0.15, 0.2) is 18.2 Å². The van der Waals surface area contributed by atoms with E-state index in [9.17, 15) is 13.2 Å². The summed E-state index contributed by atoms with van der Waals surface area (Å²) in [5, 5.41) is 0. The standard InChI is InChI=1S/C12H12F3O2.Li/c13-12(14,15)9-4-3-5-10(8-9)17-11-6-1-2-7-16-11;/h3-4,8,11H,1-2,6-7H2;/q-1;+1. The van der Waals surface area contributed by atoms with Crippen molar-refractivity contribution in [1.29, 1.82) is 0 Å². The third-order valence-electron chi connectivity index (χ3n) is 2.50. The van der Waals surface area contributed by atoms with Gasteiger partial charge in [0.2, 0.25) is 0 Å². The summed E-state index contributed by atoms with van der Waals surface area (Å²) in [6, 6.07) is 5.74. The van der Waals surface area contributed by atoms with Gasteiger partial charge in [0, 0.05) is 12.2 Å². The average Bonchev–Trinajstić information content (AvgIpc) is 2.29. The maximum Gasteiger partial charge on any atom is 1.00 e. The minimum absolute atomic E-state index is 0. The molecule has 6 heteroatoms. The Kier molecular flexibility index (Phi) is 5.58. The van der Waals surface area contributed by atoms with Crippen LogP contribution in [0.5, 0.6) is 5.75 Å². The molecule has 2 nitrogen and oxygen atoms in total. The zero-order chi connectivity index (χ0) is 12.3. The van der Waals surface area contributed by atoms with E-state index in [0.29, 0.717) is 13.0 Å². The topological polar surface area (TPSA) is 18.5 Å². The van der Waals surface area contributed by atoms with E-state index in [4.69, 9.17) is 9.47 Å². The Morgan fingerprint density at radius 1 is 1.33 bits per heavy atom. The number of hydrogen-bond donors (Lipinski definition) is 0. The molecule has 2 rings (SSSR count). The summed E-state index contributed by atoms with van der Waals surface area (Å²) in [5.74, 6) is 0.0757. The van der Waals surface area contributed by atoms with Gasteiger partial charge in [0.05, 0.1) is 6.61 Å². The number of rotatable bonds is 2. The summed E-state index contributed by atoms with van der Waals surface area (Å²) in [7, 11) is 0. The third kappa shape index (κ3) is 4.24. The van der Waals surface area contributed by atoms with E-state index in [0.717, 1.165) is 25.0 Å². The van der Waals surface area contributed by atoms with E-state index >= 15 is 0 Å². The van der Waals surface area contributed by atoms with Crippen molar-refractivity contribution < 1.29 is 41.5 Å². The van der Waals surface area contributed by atoms with Crippen LogP contribution in [-0.2, 0) is 10.9 Å². The molecule has 0 aromatic heterocycles. The summed E-state index contributed by atoms with van der Waals surface area (Å²) < 4.78 is 47.9. The predicted molar refractivity (Wildman–Crippen MR) is 54.5 cm³/mol. The largest absolute Gasteiger partial charge is 1.00 e. The van der Waals surface area contributed by atoms with Gasteiger partial charge in [-0.3, -0.25) is 0 Å². The number of ether oxygens (including phenoxy) is 2. The first-order valence-electron chi connectivity index (χ1n) is 5.43. The van der Waals surface area contributed by atoms with Crippen LogP contribution in [0.1, 0.15) is 24.8 Å². The van der Waals surface area contributed by atoms with Crippen LogP contribution in [0.4, 0.5) is 13.2 Å². The second-order valence-electron chi connectivity index (χ2n) is 3.85. The van der Waals surface area contributed by atoms with Gasteiger partial charge in [0.15, 0.2) is 6.29 Å². The van der Waals surface area contributed by atoms with E-state index in [-0.39, 0.29) is 24.6 Å². The maximum absolute atomic E-state index is 12.4. The van der Waals surface area contributed by atoms with E-state index in [1.165, 1.54) is 6.07 Å². The molecule has 1 atom stereocenters. The van der Waals surface area contributed by atoms with Gasteiger partial charge >= 0.3 is 25.0 Å². The fourth-order valence-corrected chi connectivity index (χ4v) is 1.63. The van der Waals surface area contributed by atoms with Crippen molar-refractivity contribution >= 4 is 0 Å². The van der Waals surface area contributed by atoms with E-state index < -0.39 is 18.0 Å². The summed E-state index contributed by atoms with van der Waals surface area (Å²) >= 11 is 0. The summed E-state index contributed by atoms with van der Waals surface area (Å²) in [4.78, 5) is 0. The van der Waals surface area contributed by atoms with Crippen LogP contribution in [0.2, 0.25) is 0 Å². The van der Waals surface area contributed by atoms with Gasteiger partial charge in [-0.2, -0.15) is 25.3 Å². The van der Waals surface area contributed by atoms with Gasteiger partial charge in [0.25, 0.3) is 0 Å². The van der Waals surface area contributed by atoms with Crippen LogP contribution < -0.4 is 23.6 Å². The molecule has 18 heavy (non-hydrogen) atoms. The molecular formula is C12H12F3LiO2. The Morgan fingerprint density at radius 3 is 2.72 bits per heavy atom.